The highest BCUT2D eigenvalue weighted by Gasteiger charge is 2.32. The number of pyridine rings is 1. The molecular weight excluding hydrogens is 552 g/mol. The zero-order valence-electron chi connectivity index (χ0n) is 24.0. The highest BCUT2D eigenvalue weighted by Crippen LogP contribution is 2.34. The fourth-order valence-electron chi connectivity index (χ4n) is 6.05. The Morgan fingerprint density at radius 3 is 2.53 bits per heavy atom. The third kappa shape index (κ3) is 6.22. The smallest absolute Gasteiger partial charge is 0.263 e. The van der Waals surface area contributed by atoms with Gasteiger partial charge in [0.1, 0.15) is 17.6 Å². The summed E-state index contributed by atoms with van der Waals surface area (Å²) in [5.74, 6) is -1.15. The molecular formula is C33H33F2N5O3. The molecule has 1 aliphatic carbocycles. The molecule has 3 aromatic rings. The number of anilines is 1. The van der Waals surface area contributed by atoms with Gasteiger partial charge in [-0.3, -0.25) is 19.3 Å². The normalized spacial score (nSPS) is 19.0. The topological polar surface area (TPSA) is 98.4 Å². The minimum atomic E-state index is -1.11. The highest BCUT2D eigenvalue weighted by molar-refractivity contribution is 6.05. The van der Waals surface area contributed by atoms with E-state index in [9.17, 15) is 28.4 Å². The van der Waals surface area contributed by atoms with Crippen LogP contribution in [-0.4, -0.2) is 58.5 Å². The lowest BCUT2D eigenvalue weighted by molar-refractivity contribution is 0.0400. The SMILES string of the molecule is C[C@H]1CCCN(Cc2cc(C(=O)Nc3cc(C#N)cc(-c4ccc(F)cc4C(=O)N4CC(F)C4)c3)c(=O)n(C3CC3)c2)C1. The first-order valence-corrected chi connectivity index (χ1v) is 14.8. The molecule has 1 N–H and O–H groups in total. The number of rotatable bonds is 7. The van der Waals surface area contributed by atoms with Crippen LogP contribution >= 0.6 is 0 Å². The van der Waals surface area contributed by atoms with E-state index in [2.05, 4.69) is 23.2 Å². The minimum Gasteiger partial charge on any atom is -0.333 e. The molecule has 3 aliphatic rings. The van der Waals surface area contributed by atoms with Crippen molar-refractivity contribution in [3.8, 4) is 17.2 Å². The van der Waals surface area contributed by atoms with Crippen molar-refractivity contribution in [1.29, 1.82) is 5.26 Å². The Labute approximate surface area is 248 Å². The summed E-state index contributed by atoms with van der Waals surface area (Å²) in [6.07, 6.45) is 4.85. The van der Waals surface area contributed by atoms with Gasteiger partial charge < -0.3 is 14.8 Å². The van der Waals surface area contributed by atoms with E-state index >= 15 is 0 Å². The Balaban J connectivity index is 1.31. The number of nitrogens with zero attached hydrogens (tertiary/aromatic N) is 4. The minimum absolute atomic E-state index is 0.0228. The molecule has 8 nitrogen and oxygen atoms in total. The number of carbonyl (C=O) groups is 2. The number of nitrogens with one attached hydrogen (secondary N) is 1. The van der Waals surface area contributed by atoms with Gasteiger partial charge in [-0.1, -0.05) is 13.0 Å². The maximum Gasteiger partial charge on any atom is 0.263 e. The average molecular weight is 586 g/mol. The monoisotopic (exact) mass is 585 g/mol. The van der Waals surface area contributed by atoms with Gasteiger partial charge in [0.2, 0.25) is 0 Å². The molecule has 0 spiro atoms. The molecule has 2 saturated heterocycles. The van der Waals surface area contributed by atoms with Crippen LogP contribution in [0.25, 0.3) is 11.1 Å². The first-order valence-electron chi connectivity index (χ1n) is 14.8. The number of nitriles is 1. The molecule has 1 aromatic heterocycles. The van der Waals surface area contributed by atoms with Crippen LogP contribution in [0, 0.1) is 23.1 Å². The molecule has 2 aliphatic heterocycles. The van der Waals surface area contributed by atoms with Crippen molar-refractivity contribution < 1.29 is 18.4 Å². The van der Waals surface area contributed by atoms with E-state index in [1.54, 1.807) is 16.7 Å². The maximum absolute atomic E-state index is 14.2. The van der Waals surface area contributed by atoms with Crippen molar-refractivity contribution >= 4 is 17.5 Å². The summed E-state index contributed by atoms with van der Waals surface area (Å²) >= 11 is 0. The molecule has 3 heterocycles. The van der Waals surface area contributed by atoms with Crippen LogP contribution in [0.2, 0.25) is 0 Å². The van der Waals surface area contributed by atoms with Crippen molar-refractivity contribution in [2.24, 2.45) is 5.92 Å². The number of piperidine rings is 1. The van der Waals surface area contributed by atoms with Crippen LogP contribution < -0.4 is 10.9 Å². The quantitative estimate of drug-likeness (QED) is 0.414. The van der Waals surface area contributed by atoms with Crippen molar-refractivity contribution in [3.63, 3.8) is 0 Å². The second-order valence-corrected chi connectivity index (χ2v) is 12.1. The molecule has 43 heavy (non-hydrogen) atoms. The fraction of sp³-hybridized carbons (Fsp3) is 0.394. The Morgan fingerprint density at radius 1 is 1.05 bits per heavy atom. The van der Waals surface area contributed by atoms with E-state index in [1.165, 1.54) is 35.6 Å². The number of benzene rings is 2. The van der Waals surface area contributed by atoms with E-state index in [-0.39, 0.29) is 47.1 Å². The largest absolute Gasteiger partial charge is 0.333 e. The van der Waals surface area contributed by atoms with E-state index < -0.39 is 23.8 Å². The van der Waals surface area contributed by atoms with Crippen molar-refractivity contribution in [2.75, 3.05) is 31.5 Å². The van der Waals surface area contributed by atoms with Crippen LogP contribution in [-0.2, 0) is 6.54 Å². The molecule has 2 aromatic carbocycles. The van der Waals surface area contributed by atoms with Gasteiger partial charge in [0.25, 0.3) is 17.4 Å². The van der Waals surface area contributed by atoms with Gasteiger partial charge in [0.15, 0.2) is 0 Å². The Hall–Kier alpha value is -4.36. The summed E-state index contributed by atoms with van der Waals surface area (Å²) in [6, 6.07) is 12.1. The number of hydrogen-bond donors (Lipinski definition) is 1. The summed E-state index contributed by atoms with van der Waals surface area (Å²) < 4.78 is 29.3. The Bertz CT molecular complexity index is 1690. The number of hydrogen-bond acceptors (Lipinski definition) is 5. The molecule has 1 saturated carbocycles. The third-order valence-corrected chi connectivity index (χ3v) is 8.40. The van der Waals surface area contributed by atoms with Gasteiger partial charge in [-0.25, -0.2) is 8.78 Å². The number of amides is 2. The van der Waals surface area contributed by atoms with Gasteiger partial charge in [0, 0.05) is 31.0 Å². The Morgan fingerprint density at radius 2 is 1.84 bits per heavy atom. The third-order valence-electron chi connectivity index (χ3n) is 8.40. The van der Waals surface area contributed by atoms with Gasteiger partial charge in [-0.15, -0.1) is 0 Å². The Kier molecular flexibility index (Phi) is 7.84. The molecule has 10 heteroatoms. The van der Waals surface area contributed by atoms with Gasteiger partial charge in [-0.2, -0.15) is 5.26 Å². The predicted molar refractivity (Wildman–Crippen MR) is 158 cm³/mol. The van der Waals surface area contributed by atoms with Crippen LogP contribution in [0.15, 0.2) is 53.5 Å². The number of alkyl halides is 1. The lowest BCUT2D eigenvalue weighted by atomic mass is 9.95. The molecule has 0 unspecified atom stereocenters. The molecule has 1 atom stereocenters. The molecule has 222 valence electrons. The summed E-state index contributed by atoms with van der Waals surface area (Å²) in [5.41, 5.74) is 1.79. The molecule has 0 radical (unpaired) electrons. The number of halogens is 2. The number of aromatic nitrogens is 1. The first kappa shape index (κ1) is 28.7. The van der Waals surface area contributed by atoms with Crippen LogP contribution in [0.3, 0.4) is 0 Å². The summed E-state index contributed by atoms with van der Waals surface area (Å²) in [7, 11) is 0. The van der Waals surface area contributed by atoms with Crippen molar-refractivity contribution in [2.45, 2.75) is 51.4 Å². The van der Waals surface area contributed by atoms with Crippen molar-refractivity contribution in [3.05, 3.63) is 87.1 Å². The predicted octanol–water partition coefficient (Wildman–Crippen LogP) is 5.14. The van der Waals surface area contributed by atoms with Crippen LogP contribution in [0.5, 0.6) is 0 Å². The second kappa shape index (κ2) is 11.7. The van der Waals surface area contributed by atoms with E-state index in [1.807, 2.05) is 6.20 Å². The fourth-order valence-corrected chi connectivity index (χ4v) is 6.05. The van der Waals surface area contributed by atoms with E-state index in [0.717, 1.165) is 44.0 Å². The summed E-state index contributed by atoms with van der Waals surface area (Å²) in [5, 5.41) is 12.5. The lowest BCUT2D eigenvalue weighted by Crippen LogP contribution is -2.51. The van der Waals surface area contributed by atoms with Crippen LogP contribution in [0.4, 0.5) is 14.5 Å². The average Bonchev–Trinajstić information content (AvgIpc) is 3.81. The highest BCUT2D eigenvalue weighted by atomic mass is 19.1. The zero-order valence-corrected chi connectivity index (χ0v) is 24.0. The van der Waals surface area contributed by atoms with Crippen LogP contribution in [0.1, 0.15) is 70.5 Å². The van der Waals surface area contributed by atoms with Crippen molar-refractivity contribution in [1.82, 2.24) is 14.4 Å². The molecule has 3 fully saturated rings. The standard InChI is InChI=1S/C33H33F2N5O3/c1-20-3-2-8-38(15-20)16-22-11-30(33(43)40(17-22)27-5-6-27)31(41)37-26-10-21(14-36)9-23(12-26)28-7-4-24(34)13-29(28)32(42)39-18-25(35)19-39/h4,7,9-13,17,20,25,27H,2-3,5-6,8,15-16,18-19H2,1H3,(H,37,41)/t20-/m0/s1. The molecule has 2 amide bonds. The summed E-state index contributed by atoms with van der Waals surface area (Å²) in [4.78, 5) is 43.7. The van der Waals surface area contributed by atoms with E-state index in [4.69, 9.17) is 0 Å². The van der Waals surface area contributed by atoms with Gasteiger partial charge in [0.05, 0.1) is 30.3 Å². The molecule has 0 bridgehead atoms. The van der Waals surface area contributed by atoms with E-state index in [0.29, 0.717) is 23.6 Å². The van der Waals surface area contributed by atoms with Gasteiger partial charge in [-0.05, 0) is 91.2 Å². The summed E-state index contributed by atoms with van der Waals surface area (Å²) in [6.45, 7) is 4.68. The number of carbonyl (C=O) groups excluding carboxylic acids is 2. The van der Waals surface area contributed by atoms with Gasteiger partial charge >= 0.3 is 0 Å². The maximum atomic E-state index is 14.2. The first-order chi connectivity index (χ1) is 20.7. The number of likely N-dealkylation sites (tertiary alicyclic amines) is 2. The molecule has 6 rings (SSSR count). The second-order valence-electron chi connectivity index (χ2n) is 12.1. The lowest BCUT2D eigenvalue weighted by Gasteiger charge is -2.34. The zero-order chi connectivity index (χ0) is 30.2.